The summed E-state index contributed by atoms with van der Waals surface area (Å²) in [5.41, 5.74) is -0.368. The molecule has 2 N–H and O–H groups in total. The van der Waals surface area contributed by atoms with E-state index in [4.69, 9.17) is 0 Å². The van der Waals surface area contributed by atoms with Gasteiger partial charge in [0.2, 0.25) is 11.8 Å². The van der Waals surface area contributed by atoms with Gasteiger partial charge in [0, 0.05) is 20.6 Å². The summed E-state index contributed by atoms with van der Waals surface area (Å²) in [5.74, 6) is 0.0880. The second kappa shape index (κ2) is 6.00. The lowest BCUT2D eigenvalue weighted by atomic mass is 9.84. The van der Waals surface area contributed by atoms with Gasteiger partial charge in [-0.1, -0.05) is 12.8 Å². The van der Waals surface area contributed by atoms with Crippen molar-refractivity contribution in [1.29, 1.82) is 0 Å². The molecule has 5 heteroatoms. The quantitative estimate of drug-likeness (QED) is 0.710. The Morgan fingerprint density at radius 3 is 2.29 bits per heavy atom. The molecule has 0 bridgehead atoms. The Kier molecular flexibility index (Phi) is 4.93. The zero-order chi connectivity index (χ0) is 12.9. The molecule has 1 rings (SSSR count). The van der Waals surface area contributed by atoms with E-state index in [1.165, 1.54) is 0 Å². The minimum absolute atomic E-state index is 0.0506. The van der Waals surface area contributed by atoms with Crippen LogP contribution in [0.1, 0.15) is 25.7 Å². The van der Waals surface area contributed by atoms with Crippen LogP contribution in [0.2, 0.25) is 0 Å². The van der Waals surface area contributed by atoms with E-state index in [1.54, 1.807) is 26.0 Å². The lowest BCUT2D eigenvalue weighted by Crippen LogP contribution is -2.47. The third kappa shape index (κ3) is 3.43. The molecule has 1 aliphatic rings. The first kappa shape index (κ1) is 14.0. The normalized spacial score (nSPS) is 17.8. The average molecular weight is 241 g/mol. The van der Waals surface area contributed by atoms with E-state index in [1.807, 2.05) is 0 Å². The van der Waals surface area contributed by atoms with E-state index < -0.39 is 0 Å². The highest BCUT2D eigenvalue weighted by molar-refractivity contribution is 5.84. The standard InChI is InChI=1S/C12H23N3O2/c1-13-8-10(16)14-9-12(6-4-5-7-12)11(17)15(2)3/h13H,4-9H2,1-3H3,(H,14,16). The number of rotatable bonds is 5. The fourth-order valence-electron chi connectivity index (χ4n) is 2.48. The third-order valence-corrected chi connectivity index (χ3v) is 3.38. The molecule has 1 aliphatic carbocycles. The molecular weight excluding hydrogens is 218 g/mol. The van der Waals surface area contributed by atoms with Gasteiger partial charge < -0.3 is 15.5 Å². The highest BCUT2D eigenvalue weighted by Gasteiger charge is 2.42. The predicted molar refractivity (Wildman–Crippen MR) is 66.5 cm³/mol. The number of hydrogen-bond acceptors (Lipinski definition) is 3. The fraction of sp³-hybridized carbons (Fsp3) is 0.833. The molecule has 5 nitrogen and oxygen atoms in total. The molecule has 0 spiro atoms. The molecule has 0 heterocycles. The van der Waals surface area contributed by atoms with Crippen molar-refractivity contribution in [3.8, 4) is 0 Å². The third-order valence-electron chi connectivity index (χ3n) is 3.38. The Hall–Kier alpha value is -1.10. The summed E-state index contributed by atoms with van der Waals surface area (Å²) in [5, 5.41) is 5.65. The van der Waals surface area contributed by atoms with E-state index in [-0.39, 0.29) is 17.2 Å². The van der Waals surface area contributed by atoms with Crippen molar-refractivity contribution >= 4 is 11.8 Å². The molecule has 98 valence electrons. The van der Waals surface area contributed by atoms with Gasteiger partial charge >= 0.3 is 0 Å². The molecule has 0 saturated heterocycles. The average Bonchev–Trinajstić information content (AvgIpc) is 2.75. The van der Waals surface area contributed by atoms with E-state index in [2.05, 4.69) is 10.6 Å². The van der Waals surface area contributed by atoms with Gasteiger partial charge in [-0.3, -0.25) is 9.59 Å². The van der Waals surface area contributed by atoms with Gasteiger partial charge in [0.1, 0.15) is 0 Å². The van der Waals surface area contributed by atoms with Crippen LogP contribution in [-0.2, 0) is 9.59 Å². The minimum Gasteiger partial charge on any atom is -0.354 e. The van der Waals surface area contributed by atoms with Crippen LogP contribution >= 0.6 is 0 Å². The molecule has 1 fully saturated rings. The number of amides is 2. The number of hydrogen-bond donors (Lipinski definition) is 2. The molecule has 0 radical (unpaired) electrons. The maximum atomic E-state index is 12.2. The summed E-state index contributed by atoms with van der Waals surface area (Å²) in [7, 11) is 5.28. The fourth-order valence-corrected chi connectivity index (χ4v) is 2.48. The highest BCUT2D eigenvalue weighted by Crippen LogP contribution is 2.38. The second-order valence-electron chi connectivity index (χ2n) is 4.99. The molecular formula is C12H23N3O2. The van der Waals surface area contributed by atoms with Crippen LogP contribution in [0.15, 0.2) is 0 Å². The smallest absolute Gasteiger partial charge is 0.233 e. The van der Waals surface area contributed by atoms with Gasteiger partial charge in [-0.05, 0) is 19.9 Å². The highest BCUT2D eigenvalue weighted by atomic mass is 16.2. The van der Waals surface area contributed by atoms with Crippen molar-refractivity contribution in [2.24, 2.45) is 5.41 Å². The molecule has 0 aromatic rings. The van der Waals surface area contributed by atoms with Gasteiger partial charge in [0.25, 0.3) is 0 Å². The summed E-state index contributed by atoms with van der Waals surface area (Å²) in [6.45, 7) is 0.761. The molecule has 0 aromatic heterocycles. The second-order valence-corrected chi connectivity index (χ2v) is 4.99. The Balaban J connectivity index is 2.60. The lowest BCUT2D eigenvalue weighted by Gasteiger charge is -2.30. The minimum atomic E-state index is -0.368. The van der Waals surface area contributed by atoms with Crippen LogP contribution in [0.5, 0.6) is 0 Å². The van der Waals surface area contributed by atoms with Crippen molar-refractivity contribution < 1.29 is 9.59 Å². The number of nitrogens with zero attached hydrogens (tertiary/aromatic N) is 1. The van der Waals surface area contributed by atoms with Gasteiger partial charge in [-0.15, -0.1) is 0 Å². The Labute approximate surface area is 103 Å². The van der Waals surface area contributed by atoms with Crippen molar-refractivity contribution in [3.05, 3.63) is 0 Å². The topological polar surface area (TPSA) is 61.4 Å². The van der Waals surface area contributed by atoms with Gasteiger partial charge in [0.15, 0.2) is 0 Å². The first-order chi connectivity index (χ1) is 8.02. The first-order valence-corrected chi connectivity index (χ1v) is 6.15. The molecule has 0 aliphatic heterocycles. The van der Waals surface area contributed by atoms with Crippen molar-refractivity contribution in [3.63, 3.8) is 0 Å². The van der Waals surface area contributed by atoms with Crippen LogP contribution in [0.3, 0.4) is 0 Å². The van der Waals surface area contributed by atoms with Crippen LogP contribution in [0.25, 0.3) is 0 Å². The zero-order valence-electron chi connectivity index (χ0n) is 11.0. The van der Waals surface area contributed by atoms with Crippen LogP contribution in [-0.4, -0.2) is 50.9 Å². The Bertz CT molecular complexity index is 283. The van der Waals surface area contributed by atoms with Crippen molar-refractivity contribution in [1.82, 2.24) is 15.5 Å². The van der Waals surface area contributed by atoms with Gasteiger partial charge in [-0.25, -0.2) is 0 Å². The van der Waals surface area contributed by atoms with Crippen molar-refractivity contribution in [2.45, 2.75) is 25.7 Å². The maximum absolute atomic E-state index is 12.2. The predicted octanol–water partition coefficient (Wildman–Crippen LogP) is -0.0294. The summed E-state index contributed by atoms with van der Waals surface area (Å²) < 4.78 is 0. The maximum Gasteiger partial charge on any atom is 0.233 e. The SMILES string of the molecule is CNCC(=O)NCC1(C(=O)N(C)C)CCCC1. The Morgan fingerprint density at radius 2 is 1.82 bits per heavy atom. The first-order valence-electron chi connectivity index (χ1n) is 6.15. The monoisotopic (exact) mass is 241 g/mol. The largest absolute Gasteiger partial charge is 0.354 e. The lowest BCUT2D eigenvalue weighted by molar-refractivity contribution is -0.139. The number of carbonyl (C=O) groups excluding carboxylic acids is 2. The number of likely N-dealkylation sites (N-methyl/N-ethyl adjacent to an activating group) is 1. The van der Waals surface area contributed by atoms with Crippen LogP contribution < -0.4 is 10.6 Å². The summed E-state index contributed by atoms with van der Waals surface area (Å²) in [4.78, 5) is 25.3. The zero-order valence-corrected chi connectivity index (χ0v) is 11.0. The molecule has 0 aromatic carbocycles. The van der Waals surface area contributed by atoms with E-state index in [0.717, 1.165) is 25.7 Å². The van der Waals surface area contributed by atoms with E-state index in [9.17, 15) is 9.59 Å². The number of nitrogens with one attached hydrogen (secondary N) is 2. The molecule has 0 unspecified atom stereocenters. The van der Waals surface area contributed by atoms with E-state index in [0.29, 0.717) is 13.1 Å². The van der Waals surface area contributed by atoms with Crippen molar-refractivity contribution in [2.75, 3.05) is 34.2 Å². The van der Waals surface area contributed by atoms with Crippen LogP contribution in [0, 0.1) is 5.41 Å². The van der Waals surface area contributed by atoms with Gasteiger partial charge in [-0.2, -0.15) is 0 Å². The van der Waals surface area contributed by atoms with Gasteiger partial charge in [0.05, 0.1) is 12.0 Å². The summed E-state index contributed by atoms with van der Waals surface area (Å²) >= 11 is 0. The van der Waals surface area contributed by atoms with Crippen LogP contribution in [0.4, 0.5) is 0 Å². The molecule has 2 amide bonds. The molecule has 0 atom stereocenters. The summed E-state index contributed by atoms with van der Waals surface area (Å²) in [6, 6.07) is 0. The summed E-state index contributed by atoms with van der Waals surface area (Å²) in [6.07, 6.45) is 3.90. The molecule has 1 saturated carbocycles. The number of carbonyl (C=O) groups is 2. The molecule has 17 heavy (non-hydrogen) atoms. The Morgan fingerprint density at radius 1 is 1.24 bits per heavy atom. The van der Waals surface area contributed by atoms with E-state index >= 15 is 0 Å².